The second kappa shape index (κ2) is 9.15. The molecule has 5 rings (SSSR count). The van der Waals surface area contributed by atoms with Gasteiger partial charge in [0, 0.05) is 21.9 Å². The highest BCUT2D eigenvalue weighted by Gasteiger charge is 2.37. The lowest BCUT2D eigenvalue weighted by Crippen LogP contribution is -2.41. The van der Waals surface area contributed by atoms with Gasteiger partial charge in [-0.2, -0.15) is 0 Å². The van der Waals surface area contributed by atoms with Crippen molar-refractivity contribution in [3.8, 4) is 17.2 Å². The molecular weight excluding hydrogens is 450 g/mol. The molecule has 0 spiro atoms. The molecule has 0 radical (unpaired) electrons. The molecule has 4 aromatic carbocycles. The number of nitrogens with zero attached hydrogens (tertiary/aromatic N) is 1. The molecule has 0 saturated heterocycles. The Bertz CT molecular complexity index is 1440. The van der Waals surface area contributed by atoms with Gasteiger partial charge in [-0.3, -0.25) is 9.59 Å². The summed E-state index contributed by atoms with van der Waals surface area (Å²) in [5.74, 6) is 1.63. The van der Waals surface area contributed by atoms with Crippen LogP contribution in [0.2, 0.25) is 0 Å². The predicted octanol–water partition coefficient (Wildman–Crippen LogP) is 7.69. The molecule has 0 atom stereocenters. The van der Waals surface area contributed by atoms with Crippen LogP contribution in [0.25, 0.3) is 10.8 Å². The lowest BCUT2D eigenvalue weighted by molar-refractivity contribution is 0.0893. The first-order valence-electron chi connectivity index (χ1n) is 12.2. The van der Waals surface area contributed by atoms with Crippen LogP contribution in [0.3, 0.4) is 0 Å². The number of ether oxygens (including phenoxy) is 2. The fraction of sp³-hybridized carbons (Fsp3) is 0.226. The van der Waals surface area contributed by atoms with Gasteiger partial charge in [0.2, 0.25) is 0 Å². The quantitative estimate of drug-likeness (QED) is 0.266. The van der Waals surface area contributed by atoms with Gasteiger partial charge in [-0.25, -0.2) is 4.90 Å². The fourth-order valence-corrected chi connectivity index (χ4v) is 4.90. The number of methoxy groups -OCH3 is 1. The van der Waals surface area contributed by atoms with E-state index in [4.69, 9.17) is 9.47 Å². The molecule has 5 heteroatoms. The number of imide groups is 1. The van der Waals surface area contributed by atoms with Crippen LogP contribution in [0.1, 0.15) is 71.4 Å². The Hall–Kier alpha value is -4.12. The zero-order valence-corrected chi connectivity index (χ0v) is 21.2. The van der Waals surface area contributed by atoms with E-state index in [1.54, 1.807) is 25.3 Å². The summed E-state index contributed by atoms with van der Waals surface area (Å²) in [6, 6.07) is 22.4. The van der Waals surface area contributed by atoms with Crippen LogP contribution in [0.5, 0.6) is 17.2 Å². The molecule has 1 aliphatic rings. The van der Waals surface area contributed by atoms with E-state index in [9.17, 15) is 9.59 Å². The standard InChI is InChI=1S/C31H29NO4/c1-18(2)22-8-6-9-23(19(3)4)29(22)32-30(33)25-11-7-10-24-27(17-16-26(28(24)25)31(32)34)36-21-14-12-20(35-5)13-15-21/h6-19H,1-5H3. The summed E-state index contributed by atoms with van der Waals surface area (Å²) in [5.41, 5.74) is 3.67. The summed E-state index contributed by atoms with van der Waals surface area (Å²) in [5, 5.41) is 1.35. The Morgan fingerprint density at radius 1 is 0.667 bits per heavy atom. The van der Waals surface area contributed by atoms with Gasteiger partial charge in [-0.1, -0.05) is 58.0 Å². The molecule has 0 saturated carbocycles. The summed E-state index contributed by atoms with van der Waals surface area (Å²) in [6.45, 7) is 8.33. The number of amides is 2. The number of rotatable bonds is 6. The third-order valence-corrected chi connectivity index (χ3v) is 6.72. The van der Waals surface area contributed by atoms with E-state index < -0.39 is 0 Å². The Morgan fingerprint density at radius 3 is 1.81 bits per heavy atom. The molecule has 4 aromatic rings. The summed E-state index contributed by atoms with van der Waals surface area (Å²) in [6.07, 6.45) is 0. The van der Waals surface area contributed by atoms with E-state index in [0.717, 1.165) is 22.3 Å². The zero-order chi connectivity index (χ0) is 25.6. The number of carbonyl (C=O) groups is 2. The summed E-state index contributed by atoms with van der Waals surface area (Å²) in [7, 11) is 1.61. The average molecular weight is 480 g/mol. The first-order chi connectivity index (χ1) is 17.3. The highest BCUT2D eigenvalue weighted by atomic mass is 16.5. The minimum Gasteiger partial charge on any atom is -0.497 e. The van der Waals surface area contributed by atoms with Gasteiger partial charge >= 0.3 is 0 Å². The minimum atomic E-state index is -0.310. The molecular formula is C31H29NO4. The average Bonchev–Trinajstić information content (AvgIpc) is 2.88. The Labute approximate surface area is 211 Å². The highest BCUT2D eigenvalue weighted by Crippen LogP contribution is 2.42. The topological polar surface area (TPSA) is 55.8 Å². The lowest BCUT2D eigenvalue weighted by Gasteiger charge is -2.32. The van der Waals surface area contributed by atoms with Crippen LogP contribution in [-0.2, 0) is 0 Å². The Balaban J connectivity index is 1.65. The number of anilines is 1. The Kier molecular flexibility index (Phi) is 6.00. The van der Waals surface area contributed by atoms with Crippen molar-refractivity contribution in [1.82, 2.24) is 0 Å². The molecule has 0 bridgehead atoms. The van der Waals surface area contributed by atoms with Crippen molar-refractivity contribution in [2.24, 2.45) is 0 Å². The number of hydrogen-bond donors (Lipinski definition) is 0. The largest absolute Gasteiger partial charge is 0.497 e. The number of hydrogen-bond acceptors (Lipinski definition) is 4. The highest BCUT2D eigenvalue weighted by molar-refractivity contribution is 6.36. The van der Waals surface area contributed by atoms with Gasteiger partial charge < -0.3 is 9.47 Å². The summed E-state index contributed by atoms with van der Waals surface area (Å²) >= 11 is 0. The molecule has 2 amide bonds. The SMILES string of the molecule is COc1ccc(Oc2ccc3c4c(cccc24)C(=O)N(c2c(C(C)C)cccc2C(C)C)C3=O)cc1. The second-order valence-corrected chi connectivity index (χ2v) is 9.66. The first-order valence-corrected chi connectivity index (χ1v) is 12.2. The van der Waals surface area contributed by atoms with Crippen LogP contribution < -0.4 is 14.4 Å². The van der Waals surface area contributed by atoms with Crippen LogP contribution in [0.15, 0.2) is 72.8 Å². The molecule has 1 aliphatic heterocycles. The fourth-order valence-electron chi connectivity index (χ4n) is 4.90. The first kappa shape index (κ1) is 23.6. The molecule has 182 valence electrons. The molecule has 36 heavy (non-hydrogen) atoms. The van der Waals surface area contributed by atoms with Crippen molar-refractivity contribution in [3.05, 3.63) is 95.1 Å². The van der Waals surface area contributed by atoms with Crippen molar-refractivity contribution >= 4 is 28.3 Å². The van der Waals surface area contributed by atoms with Gasteiger partial charge in [-0.05, 0) is 65.4 Å². The Morgan fingerprint density at radius 2 is 1.22 bits per heavy atom. The predicted molar refractivity (Wildman–Crippen MR) is 143 cm³/mol. The van der Waals surface area contributed by atoms with Crippen LogP contribution >= 0.6 is 0 Å². The van der Waals surface area contributed by atoms with Gasteiger partial charge in [0.15, 0.2) is 0 Å². The normalized spacial score (nSPS) is 13.1. The second-order valence-electron chi connectivity index (χ2n) is 9.66. The van der Waals surface area contributed by atoms with E-state index >= 15 is 0 Å². The third kappa shape index (κ3) is 3.81. The maximum absolute atomic E-state index is 14.0. The van der Waals surface area contributed by atoms with Gasteiger partial charge in [0.05, 0.1) is 12.8 Å². The number of benzene rings is 4. The van der Waals surface area contributed by atoms with Crippen molar-refractivity contribution in [2.75, 3.05) is 12.0 Å². The van der Waals surface area contributed by atoms with Crippen LogP contribution in [0.4, 0.5) is 5.69 Å². The summed E-state index contributed by atoms with van der Waals surface area (Å²) in [4.78, 5) is 29.3. The molecule has 1 heterocycles. The maximum Gasteiger partial charge on any atom is 0.266 e. The van der Waals surface area contributed by atoms with Crippen molar-refractivity contribution in [2.45, 2.75) is 39.5 Å². The zero-order valence-electron chi connectivity index (χ0n) is 21.2. The van der Waals surface area contributed by atoms with Crippen LogP contribution in [0, 0.1) is 0 Å². The molecule has 0 unspecified atom stereocenters. The van der Waals surface area contributed by atoms with E-state index in [-0.39, 0.29) is 23.7 Å². The maximum atomic E-state index is 14.0. The van der Waals surface area contributed by atoms with E-state index in [2.05, 4.69) is 27.7 Å². The number of para-hydroxylation sites is 1. The van der Waals surface area contributed by atoms with Crippen molar-refractivity contribution in [3.63, 3.8) is 0 Å². The molecule has 0 aromatic heterocycles. The molecule has 0 N–H and O–H groups in total. The van der Waals surface area contributed by atoms with Crippen molar-refractivity contribution in [1.29, 1.82) is 0 Å². The molecule has 0 aliphatic carbocycles. The van der Waals surface area contributed by atoms with Crippen molar-refractivity contribution < 1.29 is 19.1 Å². The van der Waals surface area contributed by atoms with Gasteiger partial charge in [0.1, 0.15) is 17.2 Å². The van der Waals surface area contributed by atoms with E-state index in [1.807, 2.05) is 54.6 Å². The lowest BCUT2D eigenvalue weighted by atomic mass is 9.88. The van der Waals surface area contributed by atoms with Gasteiger partial charge in [-0.15, -0.1) is 0 Å². The molecule has 5 nitrogen and oxygen atoms in total. The third-order valence-electron chi connectivity index (χ3n) is 6.72. The summed E-state index contributed by atoms with van der Waals surface area (Å²) < 4.78 is 11.4. The van der Waals surface area contributed by atoms with E-state index in [0.29, 0.717) is 33.7 Å². The van der Waals surface area contributed by atoms with Gasteiger partial charge in [0.25, 0.3) is 11.8 Å². The smallest absolute Gasteiger partial charge is 0.266 e. The van der Waals surface area contributed by atoms with Crippen LogP contribution in [-0.4, -0.2) is 18.9 Å². The minimum absolute atomic E-state index is 0.150. The molecule has 0 fully saturated rings. The number of carbonyl (C=O) groups excluding carboxylic acids is 2. The van der Waals surface area contributed by atoms with E-state index in [1.165, 1.54) is 4.90 Å². The monoisotopic (exact) mass is 479 g/mol.